The molecule has 3 aromatic rings. The number of hydrogen-bond acceptors (Lipinski definition) is 4. The van der Waals surface area contributed by atoms with Gasteiger partial charge in [0.25, 0.3) is 0 Å². The highest BCUT2D eigenvalue weighted by Crippen LogP contribution is 2.26. The third kappa shape index (κ3) is 5.55. The zero-order chi connectivity index (χ0) is 22.6. The maximum absolute atomic E-state index is 12.7. The van der Waals surface area contributed by atoms with Crippen molar-refractivity contribution in [1.29, 1.82) is 0 Å². The number of aryl methyl sites for hydroxylation is 2. The molecule has 0 fully saturated rings. The van der Waals surface area contributed by atoms with Crippen LogP contribution in [0.15, 0.2) is 60.7 Å². The number of hydrogen-bond donors (Lipinski definition) is 1. The third-order valence-electron chi connectivity index (χ3n) is 5.08. The number of fused-ring (bicyclic) bond motifs is 1. The van der Waals surface area contributed by atoms with E-state index in [4.69, 9.17) is 4.74 Å². The van der Waals surface area contributed by atoms with Crippen LogP contribution in [0.5, 0.6) is 5.75 Å². The fraction of sp³-hybridized carbons (Fsp3) is 0.292. The molecule has 0 saturated carbocycles. The summed E-state index contributed by atoms with van der Waals surface area (Å²) in [6, 6.07) is 18.5. The first kappa shape index (κ1) is 22.6. The minimum Gasteiger partial charge on any atom is -0.492 e. The van der Waals surface area contributed by atoms with Crippen molar-refractivity contribution in [2.24, 2.45) is 0 Å². The lowest BCUT2D eigenvalue weighted by atomic mass is 10.1. The number of anilines is 1. The molecule has 3 rings (SSSR count). The van der Waals surface area contributed by atoms with Crippen LogP contribution in [0.4, 0.5) is 5.69 Å². The molecule has 6 nitrogen and oxygen atoms in total. The summed E-state index contributed by atoms with van der Waals surface area (Å²) in [5, 5.41) is 4.98. The Morgan fingerprint density at radius 1 is 1.03 bits per heavy atom. The normalized spacial score (nSPS) is 12.4. The number of carbonyl (C=O) groups excluding carboxylic acids is 1. The predicted octanol–water partition coefficient (Wildman–Crippen LogP) is 3.81. The Morgan fingerprint density at radius 2 is 1.74 bits per heavy atom. The van der Waals surface area contributed by atoms with Crippen LogP contribution in [0.2, 0.25) is 0 Å². The molecule has 0 aliphatic carbocycles. The number of sulfonamides is 1. The van der Waals surface area contributed by atoms with E-state index in [-0.39, 0.29) is 19.1 Å². The van der Waals surface area contributed by atoms with E-state index in [1.807, 2.05) is 68.4 Å². The van der Waals surface area contributed by atoms with Crippen LogP contribution in [-0.4, -0.2) is 39.8 Å². The second kappa shape index (κ2) is 9.39. The first-order chi connectivity index (χ1) is 14.7. The Hall–Kier alpha value is -3.06. The molecular weight excluding hydrogens is 412 g/mol. The SMILES string of the molecule is Cc1ccc(C)c(N(C(C)C(=O)NCCOc2ccc3ccccc3c2)S(C)(=O)=O)c1. The zero-order valence-electron chi connectivity index (χ0n) is 18.3. The van der Waals surface area contributed by atoms with Gasteiger partial charge < -0.3 is 10.1 Å². The number of ether oxygens (including phenoxy) is 1. The predicted molar refractivity (Wildman–Crippen MR) is 125 cm³/mol. The molecule has 0 bridgehead atoms. The lowest BCUT2D eigenvalue weighted by Gasteiger charge is -2.29. The van der Waals surface area contributed by atoms with E-state index in [2.05, 4.69) is 5.32 Å². The first-order valence-electron chi connectivity index (χ1n) is 10.1. The summed E-state index contributed by atoms with van der Waals surface area (Å²) >= 11 is 0. The quantitative estimate of drug-likeness (QED) is 0.541. The van der Waals surface area contributed by atoms with E-state index in [1.54, 1.807) is 13.0 Å². The number of nitrogens with zero attached hydrogens (tertiary/aromatic N) is 1. The minimum absolute atomic E-state index is 0.264. The van der Waals surface area contributed by atoms with E-state index in [0.717, 1.165) is 28.2 Å². The van der Waals surface area contributed by atoms with Crippen molar-refractivity contribution in [3.05, 3.63) is 71.8 Å². The van der Waals surface area contributed by atoms with E-state index < -0.39 is 16.1 Å². The average Bonchev–Trinajstić information content (AvgIpc) is 2.72. The van der Waals surface area contributed by atoms with Crippen molar-refractivity contribution in [1.82, 2.24) is 5.32 Å². The molecule has 0 spiro atoms. The van der Waals surface area contributed by atoms with Gasteiger partial charge in [0.05, 0.1) is 18.5 Å². The van der Waals surface area contributed by atoms with Crippen molar-refractivity contribution < 1.29 is 17.9 Å². The summed E-state index contributed by atoms with van der Waals surface area (Å²) in [6.45, 7) is 5.84. The summed E-state index contributed by atoms with van der Waals surface area (Å²) in [7, 11) is -3.65. The van der Waals surface area contributed by atoms with Crippen LogP contribution < -0.4 is 14.4 Å². The highest BCUT2D eigenvalue weighted by molar-refractivity contribution is 7.92. The van der Waals surface area contributed by atoms with Crippen LogP contribution in [0.25, 0.3) is 10.8 Å². The van der Waals surface area contributed by atoms with Gasteiger partial charge in [-0.3, -0.25) is 9.10 Å². The van der Waals surface area contributed by atoms with Gasteiger partial charge >= 0.3 is 0 Å². The minimum atomic E-state index is -3.65. The van der Waals surface area contributed by atoms with Crippen molar-refractivity contribution >= 4 is 32.4 Å². The fourth-order valence-electron chi connectivity index (χ4n) is 3.49. The molecule has 1 N–H and O–H groups in total. The highest BCUT2D eigenvalue weighted by Gasteiger charge is 2.30. The molecule has 0 heterocycles. The molecular formula is C24H28N2O4S. The largest absolute Gasteiger partial charge is 0.492 e. The Balaban J connectivity index is 1.63. The van der Waals surface area contributed by atoms with Gasteiger partial charge in [-0.1, -0.05) is 42.5 Å². The number of carbonyl (C=O) groups is 1. The number of nitrogens with one attached hydrogen (secondary N) is 1. The van der Waals surface area contributed by atoms with Gasteiger partial charge in [-0.25, -0.2) is 8.42 Å². The van der Waals surface area contributed by atoms with E-state index in [9.17, 15) is 13.2 Å². The highest BCUT2D eigenvalue weighted by atomic mass is 32.2. The van der Waals surface area contributed by atoms with Gasteiger partial charge in [-0.15, -0.1) is 0 Å². The Morgan fingerprint density at radius 3 is 2.45 bits per heavy atom. The molecule has 0 aromatic heterocycles. The first-order valence-corrected chi connectivity index (χ1v) is 12.0. The second-order valence-corrected chi connectivity index (χ2v) is 9.53. The Kier molecular flexibility index (Phi) is 6.85. The lowest BCUT2D eigenvalue weighted by Crippen LogP contribution is -2.48. The van der Waals surface area contributed by atoms with Crippen LogP contribution in [0, 0.1) is 13.8 Å². The summed E-state index contributed by atoms with van der Waals surface area (Å²) in [5.41, 5.74) is 2.22. The van der Waals surface area contributed by atoms with Crippen LogP contribution in [0.1, 0.15) is 18.1 Å². The van der Waals surface area contributed by atoms with Gasteiger partial charge in [0.1, 0.15) is 18.4 Å². The summed E-state index contributed by atoms with van der Waals surface area (Å²) < 4.78 is 31.9. The zero-order valence-corrected chi connectivity index (χ0v) is 19.1. The molecule has 0 radical (unpaired) electrons. The van der Waals surface area contributed by atoms with Gasteiger partial charge in [0, 0.05) is 0 Å². The summed E-state index contributed by atoms with van der Waals surface area (Å²) in [4.78, 5) is 12.7. The number of benzene rings is 3. The number of rotatable bonds is 8. The standard InChI is InChI=1S/C24H28N2O4S/c1-17-9-10-18(2)23(15-17)26(31(4,28)29)19(3)24(27)25-13-14-30-22-12-11-20-7-5-6-8-21(20)16-22/h5-12,15-16,19H,13-14H2,1-4H3,(H,25,27). The van der Waals surface area contributed by atoms with Crippen molar-refractivity contribution in [3.8, 4) is 5.75 Å². The van der Waals surface area contributed by atoms with E-state index in [1.165, 1.54) is 4.31 Å². The Bertz CT molecular complexity index is 1190. The molecule has 3 aromatic carbocycles. The summed E-state index contributed by atoms with van der Waals surface area (Å²) in [6.07, 6.45) is 1.11. The fourth-order valence-corrected chi connectivity index (χ4v) is 4.71. The molecule has 1 amide bonds. The van der Waals surface area contributed by atoms with Crippen LogP contribution in [0.3, 0.4) is 0 Å². The number of amides is 1. The maximum atomic E-state index is 12.7. The molecule has 31 heavy (non-hydrogen) atoms. The van der Waals surface area contributed by atoms with Crippen molar-refractivity contribution in [2.45, 2.75) is 26.8 Å². The van der Waals surface area contributed by atoms with E-state index >= 15 is 0 Å². The molecule has 1 unspecified atom stereocenters. The average molecular weight is 441 g/mol. The molecule has 0 aliphatic rings. The topological polar surface area (TPSA) is 75.7 Å². The van der Waals surface area contributed by atoms with Crippen molar-refractivity contribution in [3.63, 3.8) is 0 Å². The van der Waals surface area contributed by atoms with Gasteiger partial charge in [-0.2, -0.15) is 0 Å². The lowest BCUT2D eigenvalue weighted by molar-refractivity contribution is -0.121. The molecule has 0 aliphatic heterocycles. The van der Waals surface area contributed by atoms with Gasteiger partial charge in [-0.05, 0) is 60.9 Å². The molecule has 7 heteroatoms. The van der Waals surface area contributed by atoms with Crippen LogP contribution in [-0.2, 0) is 14.8 Å². The van der Waals surface area contributed by atoms with Crippen molar-refractivity contribution in [2.75, 3.05) is 23.7 Å². The monoisotopic (exact) mass is 440 g/mol. The smallest absolute Gasteiger partial charge is 0.243 e. The van der Waals surface area contributed by atoms with E-state index in [0.29, 0.717) is 11.4 Å². The second-order valence-electron chi connectivity index (χ2n) is 7.67. The third-order valence-corrected chi connectivity index (χ3v) is 6.31. The van der Waals surface area contributed by atoms with Gasteiger partial charge in [0.15, 0.2) is 0 Å². The van der Waals surface area contributed by atoms with Gasteiger partial charge in [0.2, 0.25) is 15.9 Å². The maximum Gasteiger partial charge on any atom is 0.243 e. The Labute approximate surface area is 183 Å². The molecule has 164 valence electrons. The molecule has 1 atom stereocenters. The molecule has 0 saturated heterocycles. The van der Waals surface area contributed by atoms with Crippen LogP contribution >= 0.6 is 0 Å². The summed E-state index contributed by atoms with van der Waals surface area (Å²) in [5.74, 6) is 0.336.